The van der Waals surface area contributed by atoms with Crippen molar-refractivity contribution in [2.45, 2.75) is 83.8 Å². The SMILES string of the molecule is CCCCC(CC)Cn1c(O)c(C#N)c(C)c(N=Nc2ccc(S(=O)(=O)N(CC)CC3CCCO3)cc2)c1=O. The lowest BCUT2D eigenvalue weighted by molar-refractivity contribution is 0.0947. The zero-order valence-corrected chi connectivity index (χ0v) is 24.1. The Labute approximate surface area is 231 Å². The summed E-state index contributed by atoms with van der Waals surface area (Å²) in [6.07, 6.45) is 5.45. The number of hydrogen-bond acceptors (Lipinski definition) is 8. The number of likely N-dealkylation sites (N-methyl/N-ethyl adjacent to an activating group) is 1. The number of aromatic nitrogens is 1. The van der Waals surface area contributed by atoms with Gasteiger partial charge in [-0.15, -0.1) is 5.11 Å². The van der Waals surface area contributed by atoms with Gasteiger partial charge in [-0.05, 0) is 56.4 Å². The van der Waals surface area contributed by atoms with Gasteiger partial charge in [0, 0.05) is 31.8 Å². The molecule has 39 heavy (non-hydrogen) atoms. The quantitative estimate of drug-likeness (QED) is 0.320. The summed E-state index contributed by atoms with van der Waals surface area (Å²) in [6.45, 7) is 9.06. The van der Waals surface area contributed by atoms with Gasteiger partial charge in [0.2, 0.25) is 15.9 Å². The van der Waals surface area contributed by atoms with Crippen molar-refractivity contribution in [1.82, 2.24) is 8.87 Å². The lowest BCUT2D eigenvalue weighted by Crippen LogP contribution is -2.37. The molecule has 1 aliphatic heterocycles. The second kappa shape index (κ2) is 13.8. The second-order valence-electron chi connectivity index (χ2n) is 9.90. The Balaban J connectivity index is 1.88. The highest BCUT2D eigenvalue weighted by atomic mass is 32.2. The summed E-state index contributed by atoms with van der Waals surface area (Å²) >= 11 is 0. The van der Waals surface area contributed by atoms with Gasteiger partial charge in [0.15, 0.2) is 5.69 Å². The smallest absolute Gasteiger partial charge is 0.281 e. The molecule has 0 saturated carbocycles. The van der Waals surface area contributed by atoms with E-state index in [2.05, 4.69) is 17.2 Å². The third kappa shape index (κ3) is 7.12. The number of azo groups is 1. The predicted molar refractivity (Wildman–Crippen MR) is 149 cm³/mol. The fourth-order valence-corrected chi connectivity index (χ4v) is 6.24. The predicted octanol–water partition coefficient (Wildman–Crippen LogP) is 5.56. The molecule has 1 N–H and O–H groups in total. The van der Waals surface area contributed by atoms with Gasteiger partial charge in [0.1, 0.15) is 11.6 Å². The van der Waals surface area contributed by atoms with E-state index in [1.165, 1.54) is 33.1 Å². The Morgan fingerprint density at radius 3 is 2.51 bits per heavy atom. The Hall–Kier alpha value is -3.07. The topological polar surface area (TPSA) is 137 Å². The number of rotatable bonds is 13. The van der Waals surface area contributed by atoms with Crippen LogP contribution in [-0.4, -0.2) is 48.2 Å². The Bertz CT molecular complexity index is 1360. The van der Waals surface area contributed by atoms with E-state index in [0.717, 1.165) is 38.5 Å². The van der Waals surface area contributed by atoms with Crippen molar-refractivity contribution < 1.29 is 18.3 Å². The summed E-state index contributed by atoms with van der Waals surface area (Å²) in [5.74, 6) is -0.183. The first-order chi connectivity index (χ1) is 18.7. The van der Waals surface area contributed by atoms with Crippen LogP contribution in [0.4, 0.5) is 11.4 Å². The molecule has 1 aromatic carbocycles. The molecule has 212 valence electrons. The fourth-order valence-electron chi connectivity index (χ4n) is 4.76. The fraction of sp³-hybridized carbons (Fsp3) is 0.571. The highest BCUT2D eigenvalue weighted by molar-refractivity contribution is 7.89. The van der Waals surface area contributed by atoms with Crippen molar-refractivity contribution in [2.75, 3.05) is 19.7 Å². The first-order valence-electron chi connectivity index (χ1n) is 13.7. The minimum Gasteiger partial charge on any atom is -0.493 e. The van der Waals surface area contributed by atoms with Crippen LogP contribution in [0.5, 0.6) is 5.88 Å². The zero-order chi connectivity index (χ0) is 28.6. The van der Waals surface area contributed by atoms with Crippen molar-refractivity contribution in [3.05, 3.63) is 45.7 Å². The van der Waals surface area contributed by atoms with Gasteiger partial charge in [-0.25, -0.2) is 8.42 Å². The highest BCUT2D eigenvalue weighted by Crippen LogP contribution is 2.29. The largest absolute Gasteiger partial charge is 0.493 e. The molecule has 0 aliphatic carbocycles. The lowest BCUT2D eigenvalue weighted by Gasteiger charge is -2.23. The molecule has 0 bridgehead atoms. The van der Waals surface area contributed by atoms with Gasteiger partial charge in [0.05, 0.1) is 16.7 Å². The Morgan fingerprint density at radius 2 is 1.95 bits per heavy atom. The molecule has 2 atom stereocenters. The summed E-state index contributed by atoms with van der Waals surface area (Å²) in [6, 6.07) is 7.95. The van der Waals surface area contributed by atoms with Crippen LogP contribution >= 0.6 is 0 Å². The number of benzene rings is 1. The van der Waals surface area contributed by atoms with Crippen LogP contribution in [0.2, 0.25) is 0 Å². The Morgan fingerprint density at radius 1 is 1.23 bits per heavy atom. The average molecular weight is 558 g/mol. The molecule has 0 spiro atoms. The van der Waals surface area contributed by atoms with Crippen molar-refractivity contribution in [1.29, 1.82) is 5.26 Å². The van der Waals surface area contributed by atoms with Gasteiger partial charge in [0.25, 0.3) is 5.56 Å². The maximum absolute atomic E-state index is 13.3. The summed E-state index contributed by atoms with van der Waals surface area (Å²) in [5.41, 5.74) is 0.0342. The number of nitriles is 1. The summed E-state index contributed by atoms with van der Waals surface area (Å²) in [7, 11) is -3.71. The van der Waals surface area contributed by atoms with Gasteiger partial charge in [-0.1, -0.05) is 40.0 Å². The molecule has 3 rings (SSSR count). The van der Waals surface area contributed by atoms with E-state index >= 15 is 0 Å². The van der Waals surface area contributed by atoms with E-state index < -0.39 is 15.6 Å². The number of aromatic hydroxyl groups is 1. The van der Waals surface area contributed by atoms with Crippen molar-refractivity contribution in [3.63, 3.8) is 0 Å². The van der Waals surface area contributed by atoms with Crippen LogP contribution in [0.3, 0.4) is 0 Å². The summed E-state index contributed by atoms with van der Waals surface area (Å²) < 4.78 is 34.6. The molecule has 0 amide bonds. The third-order valence-electron chi connectivity index (χ3n) is 7.28. The maximum atomic E-state index is 13.3. The average Bonchev–Trinajstić information content (AvgIpc) is 3.45. The number of ether oxygens (including phenoxy) is 1. The van der Waals surface area contributed by atoms with E-state index in [9.17, 15) is 23.6 Å². The highest BCUT2D eigenvalue weighted by Gasteiger charge is 2.28. The maximum Gasteiger partial charge on any atom is 0.281 e. The molecule has 10 nitrogen and oxygen atoms in total. The molecule has 1 aromatic heterocycles. The van der Waals surface area contributed by atoms with E-state index in [1.807, 2.05) is 13.0 Å². The van der Waals surface area contributed by atoms with E-state index in [4.69, 9.17) is 4.74 Å². The standard InChI is InChI=1S/C28H39N5O5S/c1-5-8-10-21(6-2)18-33-27(34)25(17-29)20(4)26(28(33)35)31-30-22-12-14-24(15-13-22)39(36,37)32(7-3)19-23-11-9-16-38-23/h12-15,21,23,34H,5-11,16,18-19H2,1-4H3. The molecule has 2 heterocycles. The number of nitrogens with zero attached hydrogens (tertiary/aromatic N) is 5. The molecule has 1 saturated heterocycles. The van der Waals surface area contributed by atoms with Gasteiger partial charge < -0.3 is 9.84 Å². The van der Waals surface area contributed by atoms with E-state index in [0.29, 0.717) is 25.4 Å². The van der Waals surface area contributed by atoms with Crippen LogP contribution in [0.25, 0.3) is 0 Å². The van der Waals surface area contributed by atoms with E-state index in [-0.39, 0.29) is 46.2 Å². The minimum atomic E-state index is -3.71. The molecule has 11 heteroatoms. The molecule has 1 fully saturated rings. The lowest BCUT2D eigenvalue weighted by atomic mass is 9.99. The normalized spacial score (nSPS) is 16.7. The summed E-state index contributed by atoms with van der Waals surface area (Å²) in [5, 5.41) is 28.6. The molecular weight excluding hydrogens is 518 g/mol. The number of unbranched alkanes of at least 4 members (excludes halogenated alkanes) is 1. The van der Waals surface area contributed by atoms with Crippen LogP contribution in [0, 0.1) is 24.2 Å². The summed E-state index contributed by atoms with van der Waals surface area (Å²) in [4.78, 5) is 13.4. The van der Waals surface area contributed by atoms with Gasteiger partial charge in [-0.2, -0.15) is 14.7 Å². The molecular formula is C28H39N5O5S. The number of pyridine rings is 1. The molecule has 2 aromatic rings. The minimum absolute atomic E-state index is 0.0127. The van der Waals surface area contributed by atoms with Crippen LogP contribution < -0.4 is 5.56 Å². The first-order valence-corrected chi connectivity index (χ1v) is 15.1. The molecule has 0 radical (unpaired) electrons. The van der Waals surface area contributed by atoms with Crippen molar-refractivity contribution in [2.24, 2.45) is 16.1 Å². The monoisotopic (exact) mass is 557 g/mol. The van der Waals surface area contributed by atoms with Gasteiger partial charge in [-0.3, -0.25) is 9.36 Å². The van der Waals surface area contributed by atoms with Crippen molar-refractivity contribution in [3.8, 4) is 11.9 Å². The van der Waals surface area contributed by atoms with Crippen LogP contribution in [0.15, 0.2) is 44.2 Å². The third-order valence-corrected chi connectivity index (χ3v) is 9.23. The van der Waals surface area contributed by atoms with Gasteiger partial charge >= 0.3 is 0 Å². The first kappa shape index (κ1) is 30.5. The molecule has 1 aliphatic rings. The van der Waals surface area contributed by atoms with E-state index in [1.54, 1.807) is 13.8 Å². The van der Waals surface area contributed by atoms with Crippen LogP contribution in [-0.2, 0) is 21.3 Å². The number of hydrogen-bond donors (Lipinski definition) is 1. The van der Waals surface area contributed by atoms with Crippen LogP contribution in [0.1, 0.15) is 70.4 Å². The molecule has 2 unspecified atom stereocenters. The van der Waals surface area contributed by atoms with Crippen molar-refractivity contribution >= 4 is 21.4 Å². The second-order valence-corrected chi connectivity index (χ2v) is 11.8. The Kier molecular flexibility index (Phi) is 10.8. The zero-order valence-electron chi connectivity index (χ0n) is 23.3. The number of sulfonamides is 1.